The first kappa shape index (κ1) is 20.3. The molecular formula is C20H27N5O2S. The van der Waals surface area contributed by atoms with E-state index in [2.05, 4.69) is 34.0 Å². The van der Waals surface area contributed by atoms with Crippen LogP contribution in [0.4, 0.5) is 5.82 Å². The van der Waals surface area contributed by atoms with E-state index in [1.165, 1.54) is 18.3 Å². The molecule has 0 bridgehead atoms. The predicted molar refractivity (Wildman–Crippen MR) is 110 cm³/mol. The van der Waals surface area contributed by atoms with Gasteiger partial charge in [0.05, 0.1) is 6.04 Å². The van der Waals surface area contributed by atoms with Gasteiger partial charge >= 0.3 is 0 Å². The number of rotatable bonds is 6. The largest absolute Gasteiger partial charge is 0.353 e. The highest BCUT2D eigenvalue weighted by Crippen LogP contribution is 2.25. The van der Waals surface area contributed by atoms with Crippen molar-refractivity contribution in [1.29, 1.82) is 0 Å². The number of carbonyl (C=O) groups is 2. The Bertz CT molecular complexity index is 800. The Labute approximate surface area is 169 Å². The topological polar surface area (TPSA) is 78.4 Å². The molecule has 0 saturated carbocycles. The normalized spacial score (nSPS) is 15.6. The highest BCUT2D eigenvalue weighted by molar-refractivity contribution is 7.09. The number of aromatic nitrogens is 2. The molecule has 0 aromatic carbocycles. The lowest BCUT2D eigenvalue weighted by atomic mass is 10.0. The van der Waals surface area contributed by atoms with Crippen molar-refractivity contribution in [3.05, 3.63) is 40.5 Å². The molecule has 1 aliphatic heterocycles. The van der Waals surface area contributed by atoms with Crippen LogP contribution >= 0.6 is 11.3 Å². The molecule has 3 heterocycles. The lowest BCUT2D eigenvalue weighted by molar-refractivity contribution is -0.119. The van der Waals surface area contributed by atoms with Crippen molar-refractivity contribution < 1.29 is 9.59 Å². The molecule has 0 radical (unpaired) electrons. The summed E-state index contributed by atoms with van der Waals surface area (Å²) in [6.45, 7) is 8.51. The molecule has 7 nitrogen and oxygen atoms in total. The third-order valence-electron chi connectivity index (χ3n) is 4.66. The maximum atomic E-state index is 12.9. The third-order valence-corrected chi connectivity index (χ3v) is 5.62. The van der Waals surface area contributed by atoms with E-state index in [1.807, 2.05) is 23.1 Å². The Morgan fingerprint density at radius 1 is 1.21 bits per heavy atom. The number of anilines is 1. The standard InChI is InChI=1S/C20H27N5O2S/c1-14(2)12-16(22-15(3)26)19-23-17(13-28-19)20(27)25-10-8-24(9-11-25)18-6-4-5-7-21-18/h4-7,13-14,16H,8-12H2,1-3H3,(H,22,26)/t16-/m0/s1. The van der Waals surface area contributed by atoms with Crippen LogP contribution in [0.15, 0.2) is 29.8 Å². The summed E-state index contributed by atoms with van der Waals surface area (Å²) in [6, 6.07) is 5.71. The minimum absolute atomic E-state index is 0.0470. The summed E-state index contributed by atoms with van der Waals surface area (Å²) in [6.07, 6.45) is 2.58. The SMILES string of the molecule is CC(=O)N[C@@H](CC(C)C)c1nc(C(=O)N2CCN(c3ccccn3)CC2)cs1. The molecule has 0 spiro atoms. The molecule has 1 N–H and O–H groups in total. The summed E-state index contributed by atoms with van der Waals surface area (Å²) in [4.78, 5) is 37.4. The van der Waals surface area contributed by atoms with Crippen LogP contribution in [0.3, 0.4) is 0 Å². The van der Waals surface area contributed by atoms with Crippen LogP contribution in [0.2, 0.25) is 0 Å². The fraction of sp³-hybridized carbons (Fsp3) is 0.500. The molecular weight excluding hydrogens is 374 g/mol. The van der Waals surface area contributed by atoms with Crippen LogP contribution in [0.1, 0.15) is 48.7 Å². The first-order chi connectivity index (χ1) is 13.4. The van der Waals surface area contributed by atoms with Gasteiger partial charge in [-0.2, -0.15) is 0 Å². The molecule has 2 amide bonds. The Kier molecular flexibility index (Phi) is 6.61. The molecule has 1 atom stereocenters. The number of carbonyl (C=O) groups excluding carboxylic acids is 2. The van der Waals surface area contributed by atoms with E-state index < -0.39 is 0 Å². The van der Waals surface area contributed by atoms with E-state index in [0.717, 1.165) is 30.3 Å². The lowest BCUT2D eigenvalue weighted by Crippen LogP contribution is -2.49. The van der Waals surface area contributed by atoms with E-state index in [4.69, 9.17) is 0 Å². The fourth-order valence-electron chi connectivity index (χ4n) is 3.33. The molecule has 0 unspecified atom stereocenters. The van der Waals surface area contributed by atoms with Crippen molar-refractivity contribution in [2.45, 2.75) is 33.2 Å². The number of hydrogen-bond donors (Lipinski definition) is 1. The van der Waals surface area contributed by atoms with Crippen LogP contribution in [-0.4, -0.2) is 52.9 Å². The highest BCUT2D eigenvalue weighted by Gasteiger charge is 2.26. The number of hydrogen-bond acceptors (Lipinski definition) is 6. The fourth-order valence-corrected chi connectivity index (χ4v) is 4.18. The van der Waals surface area contributed by atoms with Gasteiger partial charge in [-0.1, -0.05) is 19.9 Å². The zero-order valence-corrected chi connectivity index (χ0v) is 17.4. The van der Waals surface area contributed by atoms with Crippen LogP contribution in [-0.2, 0) is 4.79 Å². The summed E-state index contributed by atoms with van der Waals surface area (Å²) in [5.41, 5.74) is 0.463. The molecule has 1 saturated heterocycles. The van der Waals surface area contributed by atoms with Gasteiger partial charge in [-0.3, -0.25) is 9.59 Å². The highest BCUT2D eigenvalue weighted by atomic mass is 32.1. The van der Waals surface area contributed by atoms with Gasteiger partial charge in [0, 0.05) is 44.7 Å². The molecule has 0 aliphatic carbocycles. The first-order valence-electron chi connectivity index (χ1n) is 9.62. The van der Waals surface area contributed by atoms with Gasteiger partial charge in [0.2, 0.25) is 5.91 Å². The van der Waals surface area contributed by atoms with E-state index in [-0.39, 0.29) is 17.9 Å². The van der Waals surface area contributed by atoms with Crippen molar-refractivity contribution >= 4 is 29.0 Å². The monoisotopic (exact) mass is 401 g/mol. The third kappa shape index (κ3) is 5.07. The Balaban J connectivity index is 1.63. The zero-order valence-electron chi connectivity index (χ0n) is 16.6. The van der Waals surface area contributed by atoms with Gasteiger partial charge < -0.3 is 15.1 Å². The van der Waals surface area contributed by atoms with Gasteiger partial charge in [-0.05, 0) is 24.5 Å². The second-order valence-corrected chi connectivity index (χ2v) is 8.31. The number of pyridine rings is 1. The van der Waals surface area contributed by atoms with Crippen LogP contribution in [0, 0.1) is 5.92 Å². The Hall–Kier alpha value is -2.48. The van der Waals surface area contributed by atoms with Gasteiger partial charge in [-0.25, -0.2) is 9.97 Å². The lowest BCUT2D eigenvalue weighted by Gasteiger charge is -2.35. The molecule has 28 heavy (non-hydrogen) atoms. The summed E-state index contributed by atoms with van der Waals surface area (Å²) in [5.74, 6) is 1.23. The second-order valence-electron chi connectivity index (χ2n) is 7.42. The number of nitrogens with zero attached hydrogens (tertiary/aromatic N) is 4. The van der Waals surface area contributed by atoms with Crippen molar-refractivity contribution in [3.63, 3.8) is 0 Å². The zero-order chi connectivity index (χ0) is 20.1. The van der Waals surface area contributed by atoms with Gasteiger partial charge in [0.25, 0.3) is 5.91 Å². The van der Waals surface area contributed by atoms with Crippen molar-refractivity contribution in [1.82, 2.24) is 20.2 Å². The smallest absolute Gasteiger partial charge is 0.273 e. The van der Waals surface area contributed by atoms with Crippen molar-refractivity contribution in [2.24, 2.45) is 5.92 Å². The van der Waals surface area contributed by atoms with Crippen molar-refractivity contribution in [2.75, 3.05) is 31.1 Å². The van der Waals surface area contributed by atoms with Gasteiger partial charge in [0.15, 0.2) is 0 Å². The van der Waals surface area contributed by atoms with E-state index in [1.54, 1.807) is 11.6 Å². The molecule has 1 aliphatic rings. The average Bonchev–Trinajstić information content (AvgIpc) is 3.17. The van der Waals surface area contributed by atoms with Crippen LogP contribution in [0.5, 0.6) is 0 Å². The Morgan fingerprint density at radius 3 is 2.57 bits per heavy atom. The molecule has 8 heteroatoms. The van der Waals surface area contributed by atoms with Crippen molar-refractivity contribution in [3.8, 4) is 0 Å². The first-order valence-corrected chi connectivity index (χ1v) is 10.5. The number of piperazine rings is 1. The molecule has 3 rings (SSSR count). The number of amides is 2. The molecule has 2 aromatic heterocycles. The number of thiazole rings is 1. The van der Waals surface area contributed by atoms with E-state index >= 15 is 0 Å². The minimum atomic E-state index is -0.148. The quantitative estimate of drug-likeness (QED) is 0.805. The maximum Gasteiger partial charge on any atom is 0.273 e. The molecule has 150 valence electrons. The Morgan fingerprint density at radius 2 is 1.96 bits per heavy atom. The maximum absolute atomic E-state index is 12.9. The summed E-state index contributed by atoms with van der Waals surface area (Å²) >= 11 is 1.44. The van der Waals surface area contributed by atoms with E-state index in [9.17, 15) is 9.59 Å². The summed E-state index contributed by atoms with van der Waals surface area (Å²) in [7, 11) is 0. The van der Waals surface area contributed by atoms with Gasteiger partial charge in [0.1, 0.15) is 16.5 Å². The predicted octanol–water partition coefficient (Wildman–Crippen LogP) is 2.72. The van der Waals surface area contributed by atoms with Crippen LogP contribution in [0.25, 0.3) is 0 Å². The molecule has 2 aromatic rings. The van der Waals surface area contributed by atoms with Gasteiger partial charge in [-0.15, -0.1) is 11.3 Å². The summed E-state index contributed by atoms with van der Waals surface area (Å²) < 4.78 is 0. The van der Waals surface area contributed by atoms with E-state index in [0.29, 0.717) is 24.7 Å². The minimum Gasteiger partial charge on any atom is -0.353 e. The number of nitrogens with one attached hydrogen (secondary N) is 1. The summed E-state index contributed by atoms with van der Waals surface area (Å²) in [5, 5.41) is 5.55. The molecule has 1 fully saturated rings. The van der Waals surface area contributed by atoms with Crippen LogP contribution < -0.4 is 10.2 Å². The average molecular weight is 402 g/mol. The second kappa shape index (κ2) is 9.14.